The molecule has 1 aliphatic carbocycles. The van der Waals surface area contributed by atoms with Crippen molar-refractivity contribution in [3.8, 4) is 0 Å². The van der Waals surface area contributed by atoms with Crippen LogP contribution in [-0.4, -0.2) is 23.5 Å². The van der Waals surface area contributed by atoms with E-state index in [0.717, 1.165) is 5.56 Å². The Balaban J connectivity index is 1.87. The molecule has 5 heteroatoms. The van der Waals surface area contributed by atoms with E-state index in [4.69, 9.17) is 16.7 Å². The van der Waals surface area contributed by atoms with Crippen molar-refractivity contribution in [3.05, 3.63) is 34.9 Å². The molecule has 1 saturated carbocycles. The molecule has 2 N–H and O–H groups in total. The molecule has 0 spiro atoms. The third-order valence-corrected chi connectivity index (χ3v) is 4.21. The molecule has 1 atom stereocenters. The van der Waals surface area contributed by atoms with Crippen LogP contribution in [0.5, 0.6) is 0 Å². The number of benzene rings is 1. The van der Waals surface area contributed by atoms with Crippen molar-refractivity contribution >= 4 is 23.5 Å². The number of carbonyl (C=O) groups excluding carboxylic acids is 1. The van der Waals surface area contributed by atoms with Gasteiger partial charge in [0.25, 0.3) is 0 Å². The first-order valence-electron chi connectivity index (χ1n) is 6.69. The lowest BCUT2D eigenvalue weighted by Gasteiger charge is -2.15. The summed E-state index contributed by atoms with van der Waals surface area (Å²) < 4.78 is 0. The third-order valence-electron chi connectivity index (χ3n) is 3.84. The van der Waals surface area contributed by atoms with Gasteiger partial charge >= 0.3 is 5.97 Å². The molecule has 1 aromatic carbocycles. The van der Waals surface area contributed by atoms with E-state index in [1.165, 1.54) is 0 Å². The molecule has 1 amide bonds. The highest BCUT2D eigenvalue weighted by Crippen LogP contribution is 2.45. The number of hydrogen-bond acceptors (Lipinski definition) is 2. The Morgan fingerprint density at radius 1 is 1.40 bits per heavy atom. The van der Waals surface area contributed by atoms with Gasteiger partial charge in [-0.15, -0.1) is 0 Å². The zero-order valence-corrected chi connectivity index (χ0v) is 12.1. The van der Waals surface area contributed by atoms with E-state index >= 15 is 0 Å². The van der Waals surface area contributed by atoms with Crippen molar-refractivity contribution in [2.75, 3.05) is 6.54 Å². The smallest absolute Gasteiger partial charge is 0.311 e. The monoisotopic (exact) mass is 295 g/mol. The maximum Gasteiger partial charge on any atom is 0.311 e. The molecule has 4 nitrogen and oxygen atoms in total. The second kappa shape index (κ2) is 5.83. The zero-order chi connectivity index (χ0) is 14.8. The summed E-state index contributed by atoms with van der Waals surface area (Å²) in [5.74, 6) is -1.19. The molecule has 2 rings (SSSR count). The molecule has 0 saturated heterocycles. The van der Waals surface area contributed by atoms with Gasteiger partial charge in [0.05, 0.1) is 5.41 Å². The first-order valence-corrected chi connectivity index (χ1v) is 7.07. The van der Waals surface area contributed by atoms with E-state index in [0.29, 0.717) is 24.3 Å². The van der Waals surface area contributed by atoms with Crippen LogP contribution in [0.4, 0.5) is 0 Å². The van der Waals surface area contributed by atoms with Crippen LogP contribution in [0.15, 0.2) is 24.3 Å². The number of carboxylic acid groups (broad SMARTS) is 1. The van der Waals surface area contributed by atoms with Crippen molar-refractivity contribution in [2.45, 2.75) is 26.2 Å². The van der Waals surface area contributed by atoms with E-state index in [-0.39, 0.29) is 18.4 Å². The predicted molar refractivity (Wildman–Crippen MR) is 76.6 cm³/mol. The molecule has 0 aromatic heterocycles. The van der Waals surface area contributed by atoms with Crippen molar-refractivity contribution in [3.63, 3.8) is 0 Å². The van der Waals surface area contributed by atoms with Crippen LogP contribution < -0.4 is 5.32 Å². The summed E-state index contributed by atoms with van der Waals surface area (Å²) in [6, 6.07) is 7.42. The fourth-order valence-corrected chi connectivity index (χ4v) is 2.35. The highest BCUT2D eigenvalue weighted by atomic mass is 35.5. The van der Waals surface area contributed by atoms with E-state index in [1.807, 2.05) is 25.1 Å². The van der Waals surface area contributed by atoms with Gasteiger partial charge in [0.1, 0.15) is 0 Å². The van der Waals surface area contributed by atoms with Crippen molar-refractivity contribution in [2.24, 2.45) is 11.3 Å². The van der Waals surface area contributed by atoms with Crippen LogP contribution >= 0.6 is 11.6 Å². The van der Waals surface area contributed by atoms with E-state index in [2.05, 4.69) is 5.32 Å². The van der Waals surface area contributed by atoms with Gasteiger partial charge in [0.15, 0.2) is 0 Å². The van der Waals surface area contributed by atoms with Gasteiger partial charge in [-0.1, -0.05) is 36.7 Å². The van der Waals surface area contributed by atoms with Crippen molar-refractivity contribution in [1.29, 1.82) is 0 Å². The van der Waals surface area contributed by atoms with Crippen LogP contribution in [0.25, 0.3) is 0 Å². The van der Waals surface area contributed by atoms with E-state index in [9.17, 15) is 9.59 Å². The van der Waals surface area contributed by atoms with Gasteiger partial charge in [0, 0.05) is 17.5 Å². The molecule has 1 aromatic rings. The summed E-state index contributed by atoms with van der Waals surface area (Å²) >= 11 is 6.06. The average Bonchev–Trinajstić information content (AvgIpc) is 3.20. The zero-order valence-electron chi connectivity index (χ0n) is 11.4. The van der Waals surface area contributed by atoms with Gasteiger partial charge in [-0.2, -0.15) is 0 Å². The maximum atomic E-state index is 12.0. The molecule has 108 valence electrons. The van der Waals surface area contributed by atoms with Crippen molar-refractivity contribution in [1.82, 2.24) is 5.32 Å². The number of carboxylic acids is 1. The van der Waals surface area contributed by atoms with Gasteiger partial charge in [-0.25, -0.2) is 0 Å². The fourth-order valence-electron chi connectivity index (χ4n) is 2.13. The molecular formula is C15H18ClNO3. The Hall–Kier alpha value is -1.55. The van der Waals surface area contributed by atoms with E-state index in [1.54, 1.807) is 6.07 Å². The average molecular weight is 296 g/mol. The minimum atomic E-state index is -0.823. The number of halogens is 1. The predicted octanol–water partition coefficient (Wildman–Crippen LogP) is 2.50. The van der Waals surface area contributed by atoms with Crippen molar-refractivity contribution < 1.29 is 14.7 Å². The summed E-state index contributed by atoms with van der Waals surface area (Å²) in [7, 11) is 0. The lowest BCUT2D eigenvalue weighted by molar-refractivity contribution is -0.143. The molecule has 1 fully saturated rings. The Morgan fingerprint density at radius 2 is 2.05 bits per heavy atom. The molecule has 0 heterocycles. The van der Waals surface area contributed by atoms with Crippen LogP contribution in [0.3, 0.4) is 0 Å². The fraction of sp³-hybridized carbons (Fsp3) is 0.467. The number of rotatable bonds is 6. The first kappa shape index (κ1) is 14.9. The molecule has 20 heavy (non-hydrogen) atoms. The quantitative estimate of drug-likeness (QED) is 0.847. The normalized spacial score (nSPS) is 17.3. The van der Waals surface area contributed by atoms with Gasteiger partial charge in [-0.3, -0.25) is 9.59 Å². The molecule has 1 unspecified atom stereocenters. The second-order valence-electron chi connectivity index (χ2n) is 5.50. The maximum absolute atomic E-state index is 12.0. The minimum Gasteiger partial charge on any atom is -0.481 e. The van der Waals surface area contributed by atoms with Crippen LogP contribution in [-0.2, 0) is 16.0 Å². The number of amides is 1. The number of aliphatic carboxylic acids is 1. The Labute approximate surface area is 123 Å². The lowest BCUT2D eigenvalue weighted by Crippen LogP contribution is -2.37. The summed E-state index contributed by atoms with van der Waals surface area (Å²) in [4.78, 5) is 23.0. The minimum absolute atomic E-state index is 0.127. The standard InChI is InChI=1S/C15H18ClNO3/c1-10(8-11-4-2-3-5-12(11)16)13(18)17-9-15(6-7-15)14(19)20/h2-5,10H,6-9H2,1H3,(H,17,18)(H,19,20). The lowest BCUT2D eigenvalue weighted by atomic mass is 9.99. The van der Waals surface area contributed by atoms with Gasteiger partial charge < -0.3 is 10.4 Å². The molecule has 0 radical (unpaired) electrons. The summed E-state index contributed by atoms with van der Waals surface area (Å²) in [6.45, 7) is 2.03. The van der Waals surface area contributed by atoms with Gasteiger partial charge in [-0.05, 0) is 30.9 Å². The van der Waals surface area contributed by atoms with Crippen LogP contribution in [0, 0.1) is 11.3 Å². The Bertz CT molecular complexity index is 526. The molecule has 0 bridgehead atoms. The number of nitrogens with one attached hydrogen (secondary N) is 1. The summed E-state index contributed by atoms with van der Waals surface area (Å²) in [5.41, 5.74) is 0.205. The highest BCUT2D eigenvalue weighted by Gasteiger charge is 2.50. The Kier molecular flexibility index (Phi) is 4.33. The Morgan fingerprint density at radius 3 is 2.60 bits per heavy atom. The highest BCUT2D eigenvalue weighted by molar-refractivity contribution is 6.31. The van der Waals surface area contributed by atoms with E-state index < -0.39 is 11.4 Å². The third kappa shape index (κ3) is 3.31. The molecular weight excluding hydrogens is 278 g/mol. The largest absolute Gasteiger partial charge is 0.481 e. The summed E-state index contributed by atoms with van der Waals surface area (Å²) in [6.07, 6.45) is 1.83. The number of carbonyl (C=O) groups is 2. The molecule has 0 aliphatic heterocycles. The SMILES string of the molecule is CC(Cc1ccccc1Cl)C(=O)NCC1(C(=O)O)CC1. The van der Waals surface area contributed by atoms with Gasteiger partial charge in [0.2, 0.25) is 5.91 Å². The topological polar surface area (TPSA) is 66.4 Å². The van der Waals surface area contributed by atoms with Crippen LogP contribution in [0.1, 0.15) is 25.3 Å². The molecule has 1 aliphatic rings. The van der Waals surface area contributed by atoms with Crippen LogP contribution in [0.2, 0.25) is 5.02 Å². The second-order valence-corrected chi connectivity index (χ2v) is 5.91. The summed E-state index contributed by atoms with van der Waals surface area (Å²) in [5, 5.41) is 12.5. The number of hydrogen-bond donors (Lipinski definition) is 2. The first-order chi connectivity index (χ1) is 9.44.